The van der Waals surface area contributed by atoms with Gasteiger partial charge in [0.05, 0.1) is 0 Å². The highest BCUT2D eigenvalue weighted by molar-refractivity contribution is 5.59. The second-order valence-electron chi connectivity index (χ2n) is 4.81. The molecule has 0 aliphatic carbocycles. The fourth-order valence-electron chi connectivity index (χ4n) is 2.14. The zero-order valence-electron chi connectivity index (χ0n) is 11.1. The summed E-state index contributed by atoms with van der Waals surface area (Å²) in [6.07, 6.45) is 0.407. The van der Waals surface area contributed by atoms with E-state index in [1.165, 1.54) is 0 Å². The van der Waals surface area contributed by atoms with Crippen LogP contribution in [-0.2, 0) is 6.42 Å². The van der Waals surface area contributed by atoms with Gasteiger partial charge in [0.25, 0.3) is 0 Å². The first-order valence-corrected chi connectivity index (χ1v) is 6.05. The first-order valence-electron chi connectivity index (χ1n) is 6.05. The maximum absolute atomic E-state index is 10.1. The van der Waals surface area contributed by atoms with E-state index in [9.17, 15) is 10.2 Å². The Morgan fingerprint density at radius 3 is 2.32 bits per heavy atom. The number of nitrogen functional groups attached to an aromatic ring is 2. The third-order valence-corrected chi connectivity index (χ3v) is 3.34. The number of aryl methyl sites for hydroxylation is 1. The number of anilines is 2. The van der Waals surface area contributed by atoms with E-state index in [0.29, 0.717) is 34.5 Å². The SMILES string of the molecule is Cc1cc(N)cc(Cc2ccc(N)c(C)c2O)c1O. The second kappa shape index (κ2) is 4.72. The van der Waals surface area contributed by atoms with Gasteiger partial charge in [-0.05, 0) is 43.2 Å². The fraction of sp³-hybridized carbons (Fsp3) is 0.200. The Bertz CT molecular complexity index is 637. The summed E-state index contributed by atoms with van der Waals surface area (Å²) in [6, 6.07) is 6.94. The third-order valence-electron chi connectivity index (χ3n) is 3.34. The second-order valence-corrected chi connectivity index (χ2v) is 4.81. The largest absolute Gasteiger partial charge is 0.507 e. The molecule has 0 bridgehead atoms. The predicted molar refractivity (Wildman–Crippen MR) is 77.3 cm³/mol. The van der Waals surface area contributed by atoms with E-state index >= 15 is 0 Å². The minimum atomic E-state index is 0.166. The molecule has 4 heteroatoms. The summed E-state index contributed by atoms with van der Waals surface area (Å²) in [4.78, 5) is 0. The molecular formula is C15H18N2O2. The normalized spacial score (nSPS) is 10.6. The monoisotopic (exact) mass is 258 g/mol. The molecule has 4 nitrogen and oxygen atoms in total. The van der Waals surface area contributed by atoms with Crippen LogP contribution in [0, 0.1) is 13.8 Å². The Morgan fingerprint density at radius 1 is 0.947 bits per heavy atom. The van der Waals surface area contributed by atoms with Gasteiger partial charge in [0.2, 0.25) is 0 Å². The molecule has 0 saturated heterocycles. The summed E-state index contributed by atoms with van der Waals surface area (Å²) in [5, 5.41) is 20.1. The molecule has 0 heterocycles. The average molecular weight is 258 g/mol. The van der Waals surface area contributed by atoms with Gasteiger partial charge in [0.1, 0.15) is 11.5 Å². The van der Waals surface area contributed by atoms with Crippen LogP contribution in [0.4, 0.5) is 11.4 Å². The molecule has 0 fully saturated rings. The van der Waals surface area contributed by atoms with E-state index in [2.05, 4.69) is 0 Å². The molecule has 0 atom stereocenters. The van der Waals surface area contributed by atoms with Crippen molar-refractivity contribution in [1.82, 2.24) is 0 Å². The zero-order valence-corrected chi connectivity index (χ0v) is 11.1. The van der Waals surface area contributed by atoms with Gasteiger partial charge < -0.3 is 21.7 Å². The lowest BCUT2D eigenvalue weighted by molar-refractivity contribution is 0.459. The lowest BCUT2D eigenvalue weighted by Crippen LogP contribution is -1.97. The van der Waals surface area contributed by atoms with Crippen molar-refractivity contribution in [2.75, 3.05) is 11.5 Å². The number of nitrogens with two attached hydrogens (primary N) is 2. The van der Waals surface area contributed by atoms with E-state index in [0.717, 1.165) is 5.56 Å². The summed E-state index contributed by atoms with van der Waals surface area (Å²) in [5.74, 6) is 0.377. The van der Waals surface area contributed by atoms with Crippen molar-refractivity contribution >= 4 is 11.4 Å². The van der Waals surface area contributed by atoms with Crippen LogP contribution >= 0.6 is 0 Å². The molecular weight excluding hydrogens is 240 g/mol. The highest BCUT2D eigenvalue weighted by atomic mass is 16.3. The maximum Gasteiger partial charge on any atom is 0.124 e. The van der Waals surface area contributed by atoms with Gasteiger partial charge in [-0.2, -0.15) is 0 Å². The van der Waals surface area contributed by atoms with Crippen LogP contribution in [0.15, 0.2) is 24.3 Å². The molecule has 0 unspecified atom stereocenters. The van der Waals surface area contributed by atoms with E-state index in [1.54, 1.807) is 38.1 Å². The first-order chi connectivity index (χ1) is 8.90. The molecule has 0 saturated carbocycles. The molecule has 0 aromatic heterocycles. The van der Waals surface area contributed by atoms with Crippen molar-refractivity contribution < 1.29 is 10.2 Å². The van der Waals surface area contributed by atoms with Crippen molar-refractivity contribution in [3.8, 4) is 11.5 Å². The number of benzene rings is 2. The van der Waals surface area contributed by atoms with Crippen molar-refractivity contribution in [2.45, 2.75) is 20.3 Å². The molecule has 19 heavy (non-hydrogen) atoms. The minimum absolute atomic E-state index is 0.166. The average Bonchev–Trinajstić information content (AvgIpc) is 2.36. The van der Waals surface area contributed by atoms with Crippen LogP contribution in [0.3, 0.4) is 0 Å². The number of hydrogen-bond donors (Lipinski definition) is 4. The third kappa shape index (κ3) is 2.42. The van der Waals surface area contributed by atoms with E-state index in [4.69, 9.17) is 11.5 Å². The topological polar surface area (TPSA) is 92.5 Å². The van der Waals surface area contributed by atoms with Gasteiger partial charge >= 0.3 is 0 Å². The maximum atomic E-state index is 10.1. The van der Waals surface area contributed by atoms with Crippen LogP contribution in [0.25, 0.3) is 0 Å². The molecule has 2 aromatic carbocycles. The number of rotatable bonds is 2. The Morgan fingerprint density at radius 2 is 1.63 bits per heavy atom. The molecule has 0 aliphatic heterocycles. The van der Waals surface area contributed by atoms with Gasteiger partial charge in [-0.15, -0.1) is 0 Å². The van der Waals surface area contributed by atoms with Crippen molar-refractivity contribution in [3.05, 3.63) is 46.5 Å². The Labute approximate surface area is 112 Å². The molecule has 0 aliphatic rings. The van der Waals surface area contributed by atoms with Crippen molar-refractivity contribution in [1.29, 1.82) is 0 Å². The number of phenols is 2. The van der Waals surface area contributed by atoms with Gasteiger partial charge in [-0.3, -0.25) is 0 Å². The molecule has 0 radical (unpaired) electrons. The van der Waals surface area contributed by atoms with Crippen LogP contribution in [0.2, 0.25) is 0 Å². The van der Waals surface area contributed by atoms with E-state index in [-0.39, 0.29) is 11.5 Å². The number of hydrogen-bond acceptors (Lipinski definition) is 4. The van der Waals surface area contributed by atoms with Crippen molar-refractivity contribution in [3.63, 3.8) is 0 Å². The zero-order chi connectivity index (χ0) is 14.2. The van der Waals surface area contributed by atoms with Gasteiger partial charge in [0.15, 0.2) is 0 Å². The summed E-state index contributed by atoms with van der Waals surface area (Å²) in [7, 11) is 0. The van der Waals surface area contributed by atoms with Crippen molar-refractivity contribution in [2.24, 2.45) is 0 Å². The van der Waals surface area contributed by atoms with Gasteiger partial charge in [-0.25, -0.2) is 0 Å². The summed E-state index contributed by atoms with van der Waals surface area (Å²) < 4.78 is 0. The smallest absolute Gasteiger partial charge is 0.124 e. The predicted octanol–water partition coefficient (Wildman–Crippen LogP) is 2.47. The highest BCUT2D eigenvalue weighted by Crippen LogP contribution is 2.32. The Balaban J connectivity index is 2.45. The van der Waals surface area contributed by atoms with E-state index < -0.39 is 0 Å². The quantitative estimate of drug-likeness (QED) is 0.492. The van der Waals surface area contributed by atoms with Gasteiger partial charge in [0, 0.05) is 28.9 Å². The Kier molecular flexibility index (Phi) is 3.25. The van der Waals surface area contributed by atoms with Gasteiger partial charge in [-0.1, -0.05) is 6.07 Å². The fourth-order valence-corrected chi connectivity index (χ4v) is 2.14. The molecule has 2 rings (SSSR count). The molecule has 0 spiro atoms. The highest BCUT2D eigenvalue weighted by Gasteiger charge is 2.12. The van der Waals surface area contributed by atoms with Crippen LogP contribution in [-0.4, -0.2) is 10.2 Å². The van der Waals surface area contributed by atoms with Crippen LogP contribution in [0.5, 0.6) is 11.5 Å². The summed E-state index contributed by atoms with van der Waals surface area (Å²) in [6.45, 7) is 3.56. The standard InChI is InChI=1S/C15H18N2O2/c1-8-5-12(16)7-11(14(8)18)6-10-3-4-13(17)9(2)15(10)19/h3-5,7,18-19H,6,16-17H2,1-2H3. The molecule has 6 N–H and O–H groups in total. The number of phenolic OH excluding ortho intramolecular Hbond substituents is 2. The van der Waals surface area contributed by atoms with Crippen LogP contribution in [0.1, 0.15) is 22.3 Å². The van der Waals surface area contributed by atoms with E-state index in [1.807, 2.05) is 0 Å². The molecule has 2 aromatic rings. The summed E-state index contributed by atoms with van der Waals surface area (Å²) >= 11 is 0. The lowest BCUT2D eigenvalue weighted by Gasteiger charge is -2.12. The number of aromatic hydroxyl groups is 2. The first kappa shape index (κ1) is 13.1. The minimum Gasteiger partial charge on any atom is -0.507 e. The molecule has 100 valence electrons. The molecule has 0 amide bonds. The Hall–Kier alpha value is -2.36. The van der Waals surface area contributed by atoms with Crippen LogP contribution < -0.4 is 11.5 Å². The summed E-state index contributed by atoms with van der Waals surface area (Å²) in [5.41, 5.74) is 15.4. The lowest BCUT2D eigenvalue weighted by atomic mass is 9.98.